The van der Waals surface area contributed by atoms with Gasteiger partial charge >= 0.3 is 11.9 Å². The first-order chi connectivity index (χ1) is 9.58. The number of nitrogens with one attached hydrogen (secondary N) is 1. The van der Waals surface area contributed by atoms with Gasteiger partial charge < -0.3 is 14.8 Å². The number of amides is 1. The van der Waals surface area contributed by atoms with E-state index in [0.29, 0.717) is 30.7 Å². The second-order valence-corrected chi connectivity index (χ2v) is 4.54. The van der Waals surface area contributed by atoms with Crippen LogP contribution in [-0.2, 0) is 23.9 Å². The molecule has 0 atom stereocenters. The molecule has 112 valence electrons. The lowest BCUT2D eigenvalue weighted by atomic mass is 10.1. The van der Waals surface area contributed by atoms with Crippen molar-refractivity contribution >= 4 is 17.8 Å². The maximum atomic E-state index is 11.9. The lowest BCUT2D eigenvalue weighted by Crippen LogP contribution is -2.28. The summed E-state index contributed by atoms with van der Waals surface area (Å²) in [5.41, 5.74) is 1.09. The van der Waals surface area contributed by atoms with Crippen LogP contribution >= 0.6 is 0 Å². The fourth-order valence-corrected chi connectivity index (χ4v) is 2.08. The zero-order valence-electron chi connectivity index (χ0n) is 12.0. The van der Waals surface area contributed by atoms with E-state index < -0.39 is 11.9 Å². The second-order valence-electron chi connectivity index (χ2n) is 4.54. The maximum Gasteiger partial charge on any atom is 0.335 e. The normalized spacial score (nSPS) is 15.3. The predicted octanol–water partition coefficient (Wildman–Crippen LogP) is 1.45. The number of carbonyl (C=O) groups is 3. The molecule has 0 spiro atoms. The molecule has 0 fully saturated rings. The molecule has 6 nitrogen and oxygen atoms in total. The Hall–Kier alpha value is -1.85. The zero-order valence-corrected chi connectivity index (χ0v) is 12.0. The Bertz CT molecular complexity index is 414. The highest BCUT2D eigenvalue weighted by Gasteiger charge is 2.21. The summed E-state index contributed by atoms with van der Waals surface area (Å²) in [4.78, 5) is 34.7. The van der Waals surface area contributed by atoms with Crippen LogP contribution < -0.4 is 5.32 Å². The molecule has 0 aromatic rings. The number of ether oxygens (including phenoxy) is 2. The van der Waals surface area contributed by atoms with Crippen molar-refractivity contribution in [1.82, 2.24) is 5.32 Å². The topological polar surface area (TPSA) is 81.7 Å². The van der Waals surface area contributed by atoms with Crippen LogP contribution in [0, 0.1) is 0 Å². The van der Waals surface area contributed by atoms with Gasteiger partial charge in [0.15, 0.2) is 0 Å². The quantitative estimate of drug-likeness (QED) is 0.610. The number of carbonyl (C=O) groups excluding carboxylic acids is 3. The van der Waals surface area contributed by atoms with E-state index in [0.717, 1.165) is 19.3 Å². The summed E-state index contributed by atoms with van der Waals surface area (Å²) in [7, 11) is 1.23. The van der Waals surface area contributed by atoms with Crippen molar-refractivity contribution in [3.8, 4) is 0 Å². The summed E-state index contributed by atoms with van der Waals surface area (Å²) in [6.07, 6.45) is 3.64. The van der Waals surface area contributed by atoms with Gasteiger partial charge in [0.2, 0.25) is 5.91 Å². The summed E-state index contributed by atoms with van der Waals surface area (Å²) in [6, 6.07) is 0. The third kappa shape index (κ3) is 5.03. The monoisotopic (exact) mass is 283 g/mol. The Morgan fingerprint density at radius 2 is 1.85 bits per heavy atom. The molecule has 1 rings (SSSR count). The van der Waals surface area contributed by atoms with Gasteiger partial charge in [0.25, 0.3) is 0 Å². The minimum Gasteiger partial charge on any atom is -0.469 e. The lowest BCUT2D eigenvalue weighted by Gasteiger charge is -2.13. The molecule has 1 aliphatic carbocycles. The van der Waals surface area contributed by atoms with E-state index in [9.17, 15) is 14.4 Å². The van der Waals surface area contributed by atoms with E-state index in [1.54, 1.807) is 6.92 Å². The Balaban J connectivity index is 2.79. The smallest absolute Gasteiger partial charge is 0.335 e. The van der Waals surface area contributed by atoms with E-state index >= 15 is 0 Å². The van der Waals surface area contributed by atoms with Crippen LogP contribution in [0.3, 0.4) is 0 Å². The van der Waals surface area contributed by atoms with Gasteiger partial charge in [-0.2, -0.15) is 0 Å². The Morgan fingerprint density at radius 1 is 1.15 bits per heavy atom. The molecule has 0 aromatic heterocycles. The average Bonchev–Trinajstić information content (AvgIpc) is 2.64. The Kier molecular flexibility index (Phi) is 6.76. The number of hydrogen-bond acceptors (Lipinski definition) is 5. The Morgan fingerprint density at radius 3 is 2.50 bits per heavy atom. The van der Waals surface area contributed by atoms with Crippen LogP contribution in [-0.4, -0.2) is 31.6 Å². The van der Waals surface area contributed by atoms with E-state index in [1.807, 2.05) is 0 Å². The fourth-order valence-electron chi connectivity index (χ4n) is 2.08. The van der Waals surface area contributed by atoms with E-state index in [4.69, 9.17) is 4.74 Å². The first-order valence-corrected chi connectivity index (χ1v) is 6.84. The van der Waals surface area contributed by atoms with Crippen molar-refractivity contribution < 1.29 is 23.9 Å². The highest BCUT2D eigenvalue weighted by Crippen LogP contribution is 2.23. The van der Waals surface area contributed by atoms with Gasteiger partial charge in [0.05, 0.1) is 19.3 Å². The number of methoxy groups -OCH3 is 1. The molecule has 0 saturated carbocycles. The van der Waals surface area contributed by atoms with Crippen molar-refractivity contribution in [2.75, 3.05) is 13.7 Å². The van der Waals surface area contributed by atoms with Crippen LogP contribution in [0.1, 0.15) is 45.4 Å². The average molecular weight is 283 g/mol. The molecule has 1 N–H and O–H groups in total. The van der Waals surface area contributed by atoms with Crippen molar-refractivity contribution in [1.29, 1.82) is 0 Å². The number of esters is 2. The van der Waals surface area contributed by atoms with Crippen molar-refractivity contribution in [3.63, 3.8) is 0 Å². The zero-order chi connectivity index (χ0) is 15.0. The molecule has 0 unspecified atom stereocenters. The minimum absolute atomic E-state index is 0.297. The predicted molar refractivity (Wildman–Crippen MR) is 71.5 cm³/mol. The molecular formula is C14H21NO5. The summed E-state index contributed by atoms with van der Waals surface area (Å²) < 4.78 is 9.45. The third-order valence-electron chi connectivity index (χ3n) is 3.06. The van der Waals surface area contributed by atoms with Gasteiger partial charge in [-0.3, -0.25) is 9.59 Å². The summed E-state index contributed by atoms with van der Waals surface area (Å²) in [5, 5.41) is 2.65. The number of hydrogen-bond donors (Lipinski definition) is 1. The minimum atomic E-state index is -0.602. The lowest BCUT2D eigenvalue weighted by molar-refractivity contribution is -0.143. The van der Waals surface area contributed by atoms with Crippen LogP contribution in [0.25, 0.3) is 0 Å². The van der Waals surface area contributed by atoms with Crippen molar-refractivity contribution in [2.24, 2.45) is 0 Å². The molecule has 20 heavy (non-hydrogen) atoms. The van der Waals surface area contributed by atoms with E-state index in [2.05, 4.69) is 10.1 Å². The van der Waals surface area contributed by atoms with Crippen LogP contribution in [0.4, 0.5) is 0 Å². The number of allylic oxidation sites excluding steroid dienone is 1. The summed E-state index contributed by atoms with van der Waals surface area (Å²) >= 11 is 0. The largest absolute Gasteiger partial charge is 0.469 e. The maximum absolute atomic E-state index is 11.9. The molecule has 0 heterocycles. The summed E-state index contributed by atoms with van der Waals surface area (Å²) in [5.74, 6) is -1.45. The SMILES string of the molecule is CCOC(=O)C1=C(NC(=O)CC(=O)OC)CCCCC1. The van der Waals surface area contributed by atoms with Crippen molar-refractivity contribution in [3.05, 3.63) is 11.3 Å². The molecule has 0 radical (unpaired) electrons. The van der Waals surface area contributed by atoms with E-state index in [-0.39, 0.29) is 12.4 Å². The second kappa shape index (κ2) is 8.35. The highest BCUT2D eigenvalue weighted by atomic mass is 16.5. The van der Waals surface area contributed by atoms with Crippen molar-refractivity contribution in [2.45, 2.75) is 45.4 Å². The van der Waals surface area contributed by atoms with Gasteiger partial charge in [-0.15, -0.1) is 0 Å². The first-order valence-electron chi connectivity index (χ1n) is 6.84. The fraction of sp³-hybridized carbons (Fsp3) is 0.643. The van der Waals surface area contributed by atoms with E-state index in [1.165, 1.54) is 7.11 Å². The third-order valence-corrected chi connectivity index (χ3v) is 3.06. The first kappa shape index (κ1) is 16.2. The van der Waals surface area contributed by atoms with Gasteiger partial charge in [-0.1, -0.05) is 6.42 Å². The van der Waals surface area contributed by atoms with Gasteiger partial charge in [0.1, 0.15) is 6.42 Å². The Labute approximate surface area is 118 Å². The highest BCUT2D eigenvalue weighted by molar-refractivity contribution is 5.96. The molecule has 0 saturated heterocycles. The molecule has 1 amide bonds. The molecular weight excluding hydrogens is 262 g/mol. The summed E-state index contributed by atoms with van der Waals surface area (Å²) in [6.45, 7) is 2.04. The van der Waals surface area contributed by atoms with Gasteiger partial charge in [0, 0.05) is 5.70 Å². The van der Waals surface area contributed by atoms with Crippen LogP contribution in [0.15, 0.2) is 11.3 Å². The number of rotatable bonds is 5. The molecule has 0 aromatic carbocycles. The standard InChI is InChI=1S/C14H21NO5/c1-3-20-14(18)10-7-5-4-6-8-11(10)15-12(16)9-13(17)19-2/h3-9H2,1-2H3,(H,15,16). The molecule has 1 aliphatic rings. The van der Waals surface area contributed by atoms with Gasteiger partial charge in [-0.05, 0) is 32.6 Å². The molecule has 0 bridgehead atoms. The molecule has 0 aliphatic heterocycles. The van der Waals surface area contributed by atoms with Gasteiger partial charge in [-0.25, -0.2) is 4.79 Å². The van der Waals surface area contributed by atoms with Crippen LogP contribution in [0.2, 0.25) is 0 Å². The molecule has 6 heteroatoms. The van der Waals surface area contributed by atoms with Crippen LogP contribution in [0.5, 0.6) is 0 Å².